The van der Waals surface area contributed by atoms with Gasteiger partial charge < -0.3 is 16.0 Å². The molecule has 0 atom stereocenters. The van der Waals surface area contributed by atoms with Gasteiger partial charge in [0.05, 0.1) is 11.0 Å². The Morgan fingerprint density at radius 2 is 1.43 bits per heavy atom. The van der Waals surface area contributed by atoms with Gasteiger partial charge in [0.25, 0.3) is 0 Å². The van der Waals surface area contributed by atoms with Crippen LogP contribution in [-0.2, 0) is 0 Å². The third kappa shape index (κ3) is 3.34. The molecule has 0 amide bonds. The molecule has 0 saturated carbocycles. The van der Waals surface area contributed by atoms with Crippen LogP contribution >= 0.6 is 0 Å². The molecule has 4 aromatic rings. The van der Waals surface area contributed by atoms with Gasteiger partial charge in [-0.15, -0.1) is 0 Å². The van der Waals surface area contributed by atoms with Crippen LogP contribution in [0.25, 0.3) is 32.6 Å². The summed E-state index contributed by atoms with van der Waals surface area (Å²) in [6.45, 7) is 6.03. The van der Waals surface area contributed by atoms with E-state index in [4.69, 9.17) is 15.7 Å². The molecular weight excluding hydrogens is 346 g/mol. The Bertz CT molecular complexity index is 1180. The topological polar surface area (TPSA) is 67.1 Å². The van der Waals surface area contributed by atoms with E-state index < -0.39 is 0 Å². The van der Waals surface area contributed by atoms with Gasteiger partial charge in [0.1, 0.15) is 0 Å². The van der Waals surface area contributed by atoms with Crippen LogP contribution in [0.1, 0.15) is 17.8 Å². The number of fused-ring (bicyclic) bond motifs is 5. The number of nitrogens with two attached hydrogens (primary N) is 1. The molecule has 0 spiro atoms. The molecular formula is C23H27N5. The number of pyridine rings is 2. The normalized spacial score (nSPS) is 11.8. The maximum atomic E-state index is 6.23. The molecule has 0 bridgehead atoms. The second-order valence-corrected chi connectivity index (χ2v) is 7.77. The lowest BCUT2D eigenvalue weighted by Crippen LogP contribution is -2.16. The minimum Gasteiger partial charge on any atom is -0.398 e. The third-order valence-electron chi connectivity index (χ3n) is 5.14. The number of aryl methyl sites for hydroxylation is 2. The predicted molar refractivity (Wildman–Crippen MR) is 120 cm³/mol. The highest BCUT2D eigenvalue weighted by Crippen LogP contribution is 2.34. The van der Waals surface area contributed by atoms with Crippen molar-refractivity contribution in [2.24, 2.45) is 0 Å². The maximum absolute atomic E-state index is 6.23. The molecule has 4 rings (SSSR count). The summed E-state index contributed by atoms with van der Waals surface area (Å²) in [6, 6.07) is 12.5. The van der Waals surface area contributed by atoms with Gasteiger partial charge in [-0.3, -0.25) is 9.97 Å². The second-order valence-electron chi connectivity index (χ2n) is 7.77. The van der Waals surface area contributed by atoms with E-state index in [0.29, 0.717) is 0 Å². The number of hydrogen-bond acceptors (Lipinski definition) is 5. The summed E-state index contributed by atoms with van der Waals surface area (Å²) in [5, 5.41) is 7.94. The summed E-state index contributed by atoms with van der Waals surface area (Å²) < 4.78 is 0. The lowest BCUT2D eigenvalue weighted by atomic mass is 10.0. The number of nitrogens with one attached hydrogen (secondary N) is 1. The van der Waals surface area contributed by atoms with E-state index in [2.05, 4.69) is 54.6 Å². The lowest BCUT2D eigenvalue weighted by Gasteiger charge is -2.14. The van der Waals surface area contributed by atoms with E-state index in [-0.39, 0.29) is 0 Å². The van der Waals surface area contributed by atoms with Crippen LogP contribution in [-0.4, -0.2) is 42.1 Å². The highest BCUT2D eigenvalue weighted by molar-refractivity contribution is 6.18. The van der Waals surface area contributed by atoms with Gasteiger partial charge in [-0.2, -0.15) is 0 Å². The van der Waals surface area contributed by atoms with E-state index >= 15 is 0 Å². The molecule has 2 aromatic carbocycles. The van der Waals surface area contributed by atoms with Gasteiger partial charge in [0.15, 0.2) is 0 Å². The number of rotatable bonds is 5. The Morgan fingerprint density at radius 1 is 0.857 bits per heavy atom. The molecule has 2 heterocycles. The van der Waals surface area contributed by atoms with Crippen molar-refractivity contribution in [2.75, 3.05) is 38.2 Å². The van der Waals surface area contributed by atoms with Gasteiger partial charge in [-0.05, 0) is 53.0 Å². The van der Waals surface area contributed by atoms with E-state index in [0.717, 1.165) is 74.9 Å². The molecule has 0 aliphatic rings. The first-order valence-corrected chi connectivity index (χ1v) is 9.72. The monoisotopic (exact) mass is 373 g/mol. The Hall–Kier alpha value is -2.92. The molecule has 0 aliphatic heterocycles. The molecule has 3 N–H and O–H groups in total. The van der Waals surface area contributed by atoms with Crippen LogP contribution in [0.4, 0.5) is 11.4 Å². The molecule has 0 unspecified atom stereocenters. The molecule has 5 nitrogen and oxygen atoms in total. The third-order valence-corrected chi connectivity index (χ3v) is 5.14. The lowest BCUT2D eigenvalue weighted by molar-refractivity contribution is 0.405. The largest absolute Gasteiger partial charge is 0.398 e. The van der Waals surface area contributed by atoms with Crippen molar-refractivity contribution < 1.29 is 0 Å². The van der Waals surface area contributed by atoms with E-state index in [1.165, 1.54) is 0 Å². The first-order valence-electron chi connectivity index (χ1n) is 9.72. The summed E-state index contributed by atoms with van der Waals surface area (Å²) in [6.07, 6.45) is 1.09. The molecule has 0 saturated heterocycles. The number of nitrogen functional groups attached to an aromatic ring is 1. The average molecular weight is 374 g/mol. The first kappa shape index (κ1) is 18.4. The number of aromatic nitrogens is 2. The smallest absolute Gasteiger partial charge is 0.0805 e. The quantitative estimate of drug-likeness (QED) is 0.398. The van der Waals surface area contributed by atoms with Crippen LogP contribution < -0.4 is 11.1 Å². The van der Waals surface area contributed by atoms with Gasteiger partial charge in [0, 0.05) is 50.9 Å². The van der Waals surface area contributed by atoms with Crippen LogP contribution in [0.2, 0.25) is 0 Å². The zero-order valence-electron chi connectivity index (χ0n) is 17.0. The average Bonchev–Trinajstić information content (AvgIpc) is 2.64. The van der Waals surface area contributed by atoms with Crippen molar-refractivity contribution in [1.29, 1.82) is 0 Å². The molecule has 0 fully saturated rings. The zero-order valence-corrected chi connectivity index (χ0v) is 17.0. The van der Waals surface area contributed by atoms with Crippen LogP contribution in [0, 0.1) is 13.8 Å². The fourth-order valence-corrected chi connectivity index (χ4v) is 3.84. The number of nitrogens with zero attached hydrogens (tertiary/aromatic N) is 3. The van der Waals surface area contributed by atoms with Crippen molar-refractivity contribution in [3.8, 4) is 0 Å². The van der Waals surface area contributed by atoms with Crippen LogP contribution in [0.5, 0.6) is 0 Å². The first-order chi connectivity index (χ1) is 13.4. The van der Waals surface area contributed by atoms with Crippen molar-refractivity contribution in [2.45, 2.75) is 20.3 Å². The summed E-state index contributed by atoms with van der Waals surface area (Å²) in [7, 11) is 4.20. The van der Waals surface area contributed by atoms with Gasteiger partial charge in [-0.25, -0.2) is 0 Å². The predicted octanol–water partition coefficient (Wildman–Crippen LogP) is 4.50. The molecule has 0 aliphatic carbocycles. The van der Waals surface area contributed by atoms with E-state index in [1.807, 2.05) is 19.9 Å². The van der Waals surface area contributed by atoms with Gasteiger partial charge in [0.2, 0.25) is 0 Å². The summed E-state index contributed by atoms with van der Waals surface area (Å²) in [5.41, 5.74) is 12.0. The van der Waals surface area contributed by atoms with E-state index in [9.17, 15) is 0 Å². The fraction of sp³-hybridized carbons (Fsp3) is 0.304. The number of hydrogen-bond donors (Lipinski definition) is 2. The summed E-state index contributed by atoms with van der Waals surface area (Å²) in [5.74, 6) is 0. The Kier molecular flexibility index (Phi) is 4.77. The minimum atomic E-state index is 0.768. The molecule has 0 radical (unpaired) electrons. The minimum absolute atomic E-state index is 0.768. The highest BCUT2D eigenvalue weighted by atomic mass is 15.1. The SMILES string of the molecule is Cc1cc(N)c2ccc3c(ccc4c(NCCCN(C)C)cc(C)nc43)c2n1. The van der Waals surface area contributed by atoms with Crippen molar-refractivity contribution in [1.82, 2.24) is 14.9 Å². The fourth-order valence-electron chi connectivity index (χ4n) is 3.84. The molecule has 5 heteroatoms. The Balaban J connectivity index is 1.86. The van der Waals surface area contributed by atoms with E-state index in [1.54, 1.807) is 0 Å². The van der Waals surface area contributed by atoms with Crippen LogP contribution in [0.15, 0.2) is 36.4 Å². The molecule has 2 aromatic heterocycles. The highest BCUT2D eigenvalue weighted by Gasteiger charge is 2.12. The van der Waals surface area contributed by atoms with Crippen molar-refractivity contribution in [3.05, 3.63) is 47.8 Å². The maximum Gasteiger partial charge on any atom is 0.0805 e. The summed E-state index contributed by atoms with van der Waals surface area (Å²) in [4.78, 5) is 11.8. The zero-order chi connectivity index (χ0) is 19.8. The molecule has 28 heavy (non-hydrogen) atoms. The van der Waals surface area contributed by atoms with Crippen molar-refractivity contribution in [3.63, 3.8) is 0 Å². The number of anilines is 2. The Morgan fingerprint density at radius 3 is 2.11 bits per heavy atom. The van der Waals surface area contributed by atoms with Crippen molar-refractivity contribution >= 4 is 44.0 Å². The van der Waals surface area contributed by atoms with Crippen LogP contribution in [0.3, 0.4) is 0 Å². The van der Waals surface area contributed by atoms with Gasteiger partial charge >= 0.3 is 0 Å². The molecule has 144 valence electrons. The number of benzene rings is 2. The Labute approximate surface area is 165 Å². The summed E-state index contributed by atoms with van der Waals surface area (Å²) >= 11 is 0. The standard InChI is InChI=1S/C23H27N5/c1-14-12-20(24)18-8-6-17-16(22(18)26-14)7-9-19-21(13-15(2)27-23(17)19)25-10-5-11-28(3)4/h6-9,12-13H,5,10-11H2,1-4H3,(H2,24,26)(H,25,27). The van der Waals surface area contributed by atoms with Gasteiger partial charge in [-0.1, -0.05) is 24.3 Å². The second kappa shape index (κ2) is 7.24.